The second-order valence-electron chi connectivity index (χ2n) is 12.5. The number of nitriles is 1. The third-order valence-electron chi connectivity index (χ3n) is 8.13. The van der Waals surface area contributed by atoms with Gasteiger partial charge in [0.15, 0.2) is 0 Å². The number of nitrogens with one attached hydrogen (secondary N) is 3. The van der Waals surface area contributed by atoms with Crippen LogP contribution in [0.15, 0.2) is 83.4 Å². The summed E-state index contributed by atoms with van der Waals surface area (Å²) < 4.78 is 14.6. The fourth-order valence-electron chi connectivity index (χ4n) is 5.44. The van der Waals surface area contributed by atoms with Gasteiger partial charge in [0, 0.05) is 26.6 Å². The summed E-state index contributed by atoms with van der Waals surface area (Å²) in [6, 6.07) is 21.6. The average Bonchev–Trinajstić information content (AvgIpc) is 3.41. The number of amides is 3. The molecule has 3 N–H and O–H groups in total. The van der Waals surface area contributed by atoms with Gasteiger partial charge < -0.3 is 16.0 Å². The highest BCUT2D eigenvalue weighted by Gasteiger charge is 2.32. The maximum atomic E-state index is 14.6. The standard InChI is InChI=1S/C37H34ClFN4O3S2/c1-37(2,3)23-15-16-26-28(20-40)36(48-32(26)17-23)43-33(44)21-47-25-12-7-11-24(18-25)41-35(46)31(19-27-29(38)13-8-14-30(27)39)42-34(45)22-9-5-4-6-10-22/h4-14,18-19,23H,15-17,21H2,1-3H3,(H,41,46)(H,42,45)(H,43,44)/b31-19+. The number of benzene rings is 3. The van der Waals surface area contributed by atoms with Crippen LogP contribution in [0.25, 0.3) is 6.08 Å². The number of hydrogen-bond donors (Lipinski definition) is 3. The van der Waals surface area contributed by atoms with Gasteiger partial charge in [0.2, 0.25) is 5.91 Å². The van der Waals surface area contributed by atoms with E-state index in [0.29, 0.717) is 32.6 Å². The van der Waals surface area contributed by atoms with Crippen molar-refractivity contribution >= 4 is 69.2 Å². The van der Waals surface area contributed by atoms with Gasteiger partial charge in [-0.15, -0.1) is 23.1 Å². The highest BCUT2D eigenvalue weighted by molar-refractivity contribution is 8.00. The first-order valence-corrected chi connectivity index (χ1v) is 17.5. The maximum absolute atomic E-state index is 14.6. The van der Waals surface area contributed by atoms with E-state index >= 15 is 0 Å². The molecular formula is C37H34ClFN4O3S2. The fraction of sp³-hybridized carbons (Fsp3) is 0.243. The summed E-state index contributed by atoms with van der Waals surface area (Å²) >= 11 is 8.98. The minimum atomic E-state index is -0.696. The molecule has 246 valence electrons. The Kier molecular flexibility index (Phi) is 11.0. The largest absolute Gasteiger partial charge is 0.321 e. The Balaban J connectivity index is 1.27. The highest BCUT2D eigenvalue weighted by Crippen LogP contribution is 2.44. The molecule has 7 nitrogen and oxygen atoms in total. The smallest absolute Gasteiger partial charge is 0.272 e. The van der Waals surface area contributed by atoms with Crippen molar-refractivity contribution in [2.75, 3.05) is 16.4 Å². The van der Waals surface area contributed by atoms with E-state index in [0.717, 1.165) is 24.8 Å². The number of carbonyl (C=O) groups excluding carboxylic acids is 3. The zero-order valence-electron chi connectivity index (χ0n) is 26.7. The maximum Gasteiger partial charge on any atom is 0.272 e. The normalized spacial score (nSPS) is 14.4. The van der Waals surface area contributed by atoms with Crippen LogP contribution in [-0.2, 0) is 22.4 Å². The first-order chi connectivity index (χ1) is 22.9. The Labute approximate surface area is 292 Å². The van der Waals surface area contributed by atoms with E-state index < -0.39 is 17.6 Å². The van der Waals surface area contributed by atoms with Crippen LogP contribution in [-0.4, -0.2) is 23.5 Å². The van der Waals surface area contributed by atoms with E-state index in [-0.39, 0.29) is 33.4 Å². The summed E-state index contributed by atoms with van der Waals surface area (Å²) in [7, 11) is 0. The Morgan fingerprint density at radius 2 is 1.81 bits per heavy atom. The molecule has 0 saturated heterocycles. The van der Waals surface area contributed by atoms with Crippen molar-refractivity contribution in [1.82, 2.24) is 5.32 Å². The predicted octanol–water partition coefficient (Wildman–Crippen LogP) is 8.70. The van der Waals surface area contributed by atoms with Crippen molar-refractivity contribution < 1.29 is 18.8 Å². The fourth-order valence-corrected chi connectivity index (χ4v) is 7.71. The Bertz CT molecular complexity index is 1910. The number of rotatable bonds is 9. The van der Waals surface area contributed by atoms with Crippen molar-refractivity contribution in [3.05, 3.63) is 116 Å². The third-order valence-corrected chi connectivity index (χ3v) is 10.6. The molecule has 0 aliphatic heterocycles. The molecule has 0 saturated carbocycles. The van der Waals surface area contributed by atoms with E-state index in [2.05, 4.69) is 42.8 Å². The van der Waals surface area contributed by atoms with E-state index in [1.54, 1.807) is 54.6 Å². The first-order valence-electron chi connectivity index (χ1n) is 15.3. The van der Waals surface area contributed by atoms with Crippen molar-refractivity contribution in [3.63, 3.8) is 0 Å². The second-order valence-corrected chi connectivity index (χ2v) is 15.0. The molecule has 5 rings (SSSR count). The molecule has 0 bridgehead atoms. The molecular weight excluding hydrogens is 667 g/mol. The molecule has 0 radical (unpaired) electrons. The van der Waals surface area contributed by atoms with Gasteiger partial charge in [-0.3, -0.25) is 14.4 Å². The van der Waals surface area contributed by atoms with Gasteiger partial charge in [-0.05, 0) is 84.7 Å². The second kappa shape index (κ2) is 15.2. The molecule has 0 fully saturated rings. The predicted molar refractivity (Wildman–Crippen MR) is 192 cm³/mol. The summed E-state index contributed by atoms with van der Waals surface area (Å²) in [5.41, 5.74) is 2.24. The van der Waals surface area contributed by atoms with Gasteiger partial charge in [-0.1, -0.05) is 62.7 Å². The molecule has 11 heteroatoms. The molecule has 1 aromatic heterocycles. The number of fused-ring (bicyclic) bond motifs is 1. The van der Waals surface area contributed by atoms with Crippen molar-refractivity contribution in [1.29, 1.82) is 5.26 Å². The van der Waals surface area contributed by atoms with Gasteiger partial charge in [0.05, 0.1) is 16.3 Å². The monoisotopic (exact) mass is 700 g/mol. The van der Waals surface area contributed by atoms with Crippen LogP contribution in [0.3, 0.4) is 0 Å². The number of carbonyl (C=O) groups is 3. The lowest BCUT2D eigenvalue weighted by Crippen LogP contribution is -2.30. The third kappa shape index (κ3) is 8.53. The van der Waals surface area contributed by atoms with E-state index in [1.807, 2.05) is 0 Å². The zero-order chi connectivity index (χ0) is 34.4. The van der Waals surface area contributed by atoms with Crippen LogP contribution in [0.5, 0.6) is 0 Å². The van der Waals surface area contributed by atoms with Gasteiger partial charge in [0.25, 0.3) is 11.8 Å². The van der Waals surface area contributed by atoms with Crippen LogP contribution in [0.4, 0.5) is 15.1 Å². The van der Waals surface area contributed by atoms with Gasteiger partial charge in [-0.25, -0.2) is 4.39 Å². The highest BCUT2D eigenvalue weighted by atomic mass is 35.5. The molecule has 1 heterocycles. The zero-order valence-corrected chi connectivity index (χ0v) is 29.0. The number of thiophene rings is 1. The lowest BCUT2D eigenvalue weighted by Gasteiger charge is -2.33. The number of halogens is 2. The number of thioether (sulfide) groups is 1. The Hall–Kier alpha value is -4.43. The molecule has 3 aromatic carbocycles. The van der Waals surface area contributed by atoms with E-state index in [9.17, 15) is 24.0 Å². The molecule has 4 aromatic rings. The summed E-state index contributed by atoms with van der Waals surface area (Å²) in [5, 5.41) is 18.8. The number of hydrogen-bond acceptors (Lipinski definition) is 6. The topological polar surface area (TPSA) is 111 Å². The molecule has 48 heavy (non-hydrogen) atoms. The van der Waals surface area contributed by atoms with Crippen LogP contribution in [0, 0.1) is 28.5 Å². The molecule has 1 unspecified atom stereocenters. The lowest BCUT2D eigenvalue weighted by molar-refractivity contribution is -0.114. The van der Waals surface area contributed by atoms with Gasteiger partial charge in [-0.2, -0.15) is 5.26 Å². The Morgan fingerprint density at radius 3 is 2.52 bits per heavy atom. The SMILES string of the molecule is CC(C)(C)C1CCc2c(sc(NC(=O)CSc3cccc(NC(=O)/C(=C\c4c(F)cccc4Cl)NC(=O)c4ccccc4)c3)c2C#N)C1. The van der Waals surface area contributed by atoms with Crippen molar-refractivity contribution in [2.45, 2.75) is 44.9 Å². The quantitative estimate of drug-likeness (QED) is 0.120. The van der Waals surface area contributed by atoms with Crippen LogP contribution in [0.1, 0.15) is 59.1 Å². The van der Waals surface area contributed by atoms with Gasteiger partial charge >= 0.3 is 0 Å². The Morgan fingerprint density at radius 1 is 1.06 bits per heavy atom. The van der Waals surface area contributed by atoms with E-state index in [4.69, 9.17) is 11.6 Å². The van der Waals surface area contributed by atoms with Crippen LogP contribution < -0.4 is 16.0 Å². The summed E-state index contributed by atoms with van der Waals surface area (Å²) in [6.45, 7) is 6.72. The summed E-state index contributed by atoms with van der Waals surface area (Å²) in [6.07, 6.45) is 3.95. The molecule has 1 aliphatic carbocycles. The molecule has 3 amide bonds. The van der Waals surface area contributed by atoms with Gasteiger partial charge in [0.1, 0.15) is 22.6 Å². The minimum Gasteiger partial charge on any atom is -0.321 e. The van der Waals surface area contributed by atoms with Crippen LogP contribution in [0.2, 0.25) is 5.02 Å². The lowest BCUT2D eigenvalue weighted by atomic mass is 9.72. The summed E-state index contributed by atoms with van der Waals surface area (Å²) in [4.78, 5) is 41.3. The van der Waals surface area contributed by atoms with E-state index in [1.165, 1.54) is 52.3 Å². The minimum absolute atomic E-state index is 0.0480. The molecule has 1 atom stereocenters. The first kappa shape index (κ1) is 34.9. The van der Waals surface area contributed by atoms with Crippen LogP contribution >= 0.6 is 34.7 Å². The number of nitrogens with zero attached hydrogens (tertiary/aromatic N) is 1. The molecule has 1 aliphatic rings. The van der Waals surface area contributed by atoms with Crippen molar-refractivity contribution in [2.24, 2.45) is 11.3 Å². The number of anilines is 2. The van der Waals surface area contributed by atoms with Crippen molar-refractivity contribution in [3.8, 4) is 6.07 Å². The molecule has 0 spiro atoms. The average molecular weight is 701 g/mol. The summed E-state index contributed by atoms with van der Waals surface area (Å²) in [5.74, 6) is -1.55.